The zero-order chi connectivity index (χ0) is 9.03. The number of aliphatic hydroxyl groups excluding tert-OH is 1. The minimum atomic E-state index is -0.717. The van der Waals surface area contributed by atoms with Gasteiger partial charge in [-0.1, -0.05) is 12.8 Å². The molecule has 1 aliphatic rings. The van der Waals surface area contributed by atoms with Crippen LogP contribution in [-0.2, 0) is 4.79 Å². The third-order valence-corrected chi connectivity index (χ3v) is 2.29. The van der Waals surface area contributed by atoms with Crippen molar-refractivity contribution in [3.8, 4) is 0 Å². The molecule has 0 spiro atoms. The second-order valence-corrected chi connectivity index (χ2v) is 3.37. The minimum Gasteiger partial charge on any atom is -0.388 e. The first-order valence-corrected chi connectivity index (χ1v) is 4.26. The molecular formula is C8H15NO3. The Bertz CT molecular complexity index is 164. The lowest BCUT2D eigenvalue weighted by atomic mass is 10.0. The molecule has 1 saturated carbocycles. The highest BCUT2D eigenvalue weighted by Gasteiger charge is 2.30. The van der Waals surface area contributed by atoms with Crippen molar-refractivity contribution in [2.75, 3.05) is 13.2 Å². The Balaban J connectivity index is 2.25. The number of rotatable bonds is 3. The van der Waals surface area contributed by atoms with Crippen molar-refractivity contribution in [1.29, 1.82) is 0 Å². The van der Waals surface area contributed by atoms with Crippen LogP contribution in [0.2, 0.25) is 0 Å². The van der Waals surface area contributed by atoms with E-state index in [9.17, 15) is 9.90 Å². The molecule has 0 aliphatic heterocycles. The van der Waals surface area contributed by atoms with Gasteiger partial charge in [0.1, 0.15) is 6.61 Å². The van der Waals surface area contributed by atoms with E-state index in [1.165, 1.54) is 0 Å². The summed E-state index contributed by atoms with van der Waals surface area (Å²) in [5.41, 5.74) is -0.717. The quantitative estimate of drug-likeness (QED) is 0.533. The molecule has 0 heterocycles. The number of aliphatic hydroxyl groups is 2. The molecular weight excluding hydrogens is 158 g/mol. The van der Waals surface area contributed by atoms with Crippen LogP contribution in [0.1, 0.15) is 25.7 Å². The monoisotopic (exact) mass is 173 g/mol. The molecule has 0 atom stereocenters. The first-order chi connectivity index (χ1) is 5.66. The average molecular weight is 173 g/mol. The van der Waals surface area contributed by atoms with Crippen molar-refractivity contribution in [3.05, 3.63) is 0 Å². The average Bonchev–Trinajstić information content (AvgIpc) is 2.49. The summed E-state index contributed by atoms with van der Waals surface area (Å²) in [7, 11) is 0. The van der Waals surface area contributed by atoms with Gasteiger partial charge in [0, 0.05) is 6.54 Å². The fourth-order valence-corrected chi connectivity index (χ4v) is 1.53. The molecule has 0 aromatic carbocycles. The van der Waals surface area contributed by atoms with Crippen LogP contribution in [0.3, 0.4) is 0 Å². The van der Waals surface area contributed by atoms with Crippen LogP contribution in [0, 0.1) is 0 Å². The fourth-order valence-electron chi connectivity index (χ4n) is 1.53. The van der Waals surface area contributed by atoms with Crippen LogP contribution in [-0.4, -0.2) is 34.9 Å². The first kappa shape index (κ1) is 9.48. The lowest BCUT2D eigenvalue weighted by Crippen LogP contribution is -2.41. The lowest BCUT2D eigenvalue weighted by molar-refractivity contribution is -0.125. The number of hydrogen-bond acceptors (Lipinski definition) is 3. The van der Waals surface area contributed by atoms with E-state index in [1.807, 2.05) is 0 Å². The maximum atomic E-state index is 10.6. The molecule has 4 heteroatoms. The predicted molar refractivity (Wildman–Crippen MR) is 43.5 cm³/mol. The lowest BCUT2D eigenvalue weighted by Gasteiger charge is -2.21. The normalized spacial score (nSPS) is 20.8. The van der Waals surface area contributed by atoms with Crippen molar-refractivity contribution in [3.63, 3.8) is 0 Å². The SMILES string of the molecule is O=C(CO)NCC1(O)CCCC1. The molecule has 1 rings (SSSR count). The Morgan fingerprint density at radius 3 is 2.50 bits per heavy atom. The molecule has 12 heavy (non-hydrogen) atoms. The van der Waals surface area contributed by atoms with Gasteiger partial charge in [-0.3, -0.25) is 4.79 Å². The summed E-state index contributed by atoms with van der Waals surface area (Å²) in [6.07, 6.45) is 3.54. The summed E-state index contributed by atoms with van der Waals surface area (Å²) in [5, 5.41) is 20.6. The molecule has 70 valence electrons. The summed E-state index contributed by atoms with van der Waals surface area (Å²) in [5.74, 6) is -0.421. The van der Waals surface area contributed by atoms with Crippen LogP contribution in [0.15, 0.2) is 0 Å². The fraction of sp³-hybridized carbons (Fsp3) is 0.875. The minimum absolute atomic E-state index is 0.270. The van der Waals surface area contributed by atoms with Crippen molar-refractivity contribution in [2.24, 2.45) is 0 Å². The number of carbonyl (C=O) groups is 1. The summed E-state index contributed by atoms with van der Waals surface area (Å²) in [6, 6.07) is 0. The third kappa shape index (κ3) is 2.46. The maximum Gasteiger partial charge on any atom is 0.245 e. The van der Waals surface area contributed by atoms with Gasteiger partial charge in [0.05, 0.1) is 5.60 Å². The Hall–Kier alpha value is -0.610. The summed E-state index contributed by atoms with van der Waals surface area (Å²) in [6.45, 7) is -0.234. The highest BCUT2D eigenvalue weighted by Crippen LogP contribution is 2.28. The molecule has 1 aliphatic carbocycles. The van der Waals surface area contributed by atoms with Gasteiger partial charge in [-0.15, -0.1) is 0 Å². The predicted octanol–water partition coefficient (Wildman–Crippen LogP) is -0.600. The number of carbonyl (C=O) groups excluding carboxylic acids is 1. The van der Waals surface area contributed by atoms with Gasteiger partial charge in [-0.25, -0.2) is 0 Å². The van der Waals surface area contributed by atoms with Crippen molar-refractivity contribution in [2.45, 2.75) is 31.3 Å². The van der Waals surface area contributed by atoms with Crippen LogP contribution < -0.4 is 5.32 Å². The van der Waals surface area contributed by atoms with E-state index in [0.29, 0.717) is 0 Å². The molecule has 0 unspecified atom stereocenters. The molecule has 0 aromatic heterocycles. The zero-order valence-corrected chi connectivity index (χ0v) is 7.05. The maximum absolute atomic E-state index is 10.6. The van der Waals surface area contributed by atoms with Gasteiger partial charge < -0.3 is 15.5 Å². The second-order valence-electron chi connectivity index (χ2n) is 3.37. The molecule has 0 radical (unpaired) electrons. The van der Waals surface area contributed by atoms with Gasteiger partial charge in [0.25, 0.3) is 0 Å². The largest absolute Gasteiger partial charge is 0.388 e. The van der Waals surface area contributed by atoms with Crippen LogP contribution in [0.5, 0.6) is 0 Å². The second kappa shape index (κ2) is 3.87. The van der Waals surface area contributed by atoms with Gasteiger partial charge in [-0.2, -0.15) is 0 Å². The van der Waals surface area contributed by atoms with Gasteiger partial charge in [0.2, 0.25) is 5.91 Å². The summed E-state index contributed by atoms with van der Waals surface area (Å²) in [4.78, 5) is 10.6. The van der Waals surface area contributed by atoms with E-state index in [0.717, 1.165) is 25.7 Å². The standard InChI is InChI=1S/C8H15NO3/c10-5-7(11)9-6-8(12)3-1-2-4-8/h10,12H,1-6H2,(H,9,11). The van der Waals surface area contributed by atoms with E-state index in [1.54, 1.807) is 0 Å². The summed E-state index contributed by atoms with van der Waals surface area (Å²) >= 11 is 0. The van der Waals surface area contributed by atoms with Crippen LogP contribution >= 0.6 is 0 Å². The van der Waals surface area contributed by atoms with Crippen LogP contribution in [0.4, 0.5) is 0 Å². The number of hydrogen-bond donors (Lipinski definition) is 3. The first-order valence-electron chi connectivity index (χ1n) is 4.26. The summed E-state index contributed by atoms with van der Waals surface area (Å²) < 4.78 is 0. The van der Waals surface area contributed by atoms with Crippen molar-refractivity contribution < 1.29 is 15.0 Å². The Morgan fingerprint density at radius 2 is 2.00 bits per heavy atom. The molecule has 1 fully saturated rings. The van der Waals surface area contributed by atoms with E-state index in [2.05, 4.69) is 5.32 Å². The van der Waals surface area contributed by atoms with Gasteiger partial charge >= 0.3 is 0 Å². The Kier molecular flexibility index (Phi) is 3.05. The van der Waals surface area contributed by atoms with E-state index in [-0.39, 0.29) is 6.54 Å². The number of amides is 1. The third-order valence-electron chi connectivity index (χ3n) is 2.29. The van der Waals surface area contributed by atoms with Crippen molar-refractivity contribution in [1.82, 2.24) is 5.32 Å². The molecule has 0 saturated heterocycles. The highest BCUT2D eigenvalue weighted by atomic mass is 16.3. The molecule has 4 nitrogen and oxygen atoms in total. The topological polar surface area (TPSA) is 69.6 Å². The zero-order valence-electron chi connectivity index (χ0n) is 7.05. The molecule has 0 bridgehead atoms. The molecule has 0 aromatic rings. The van der Waals surface area contributed by atoms with Crippen LogP contribution in [0.25, 0.3) is 0 Å². The van der Waals surface area contributed by atoms with Gasteiger partial charge in [-0.05, 0) is 12.8 Å². The molecule has 1 amide bonds. The smallest absolute Gasteiger partial charge is 0.245 e. The van der Waals surface area contributed by atoms with E-state index < -0.39 is 18.1 Å². The Labute approximate surface area is 71.6 Å². The van der Waals surface area contributed by atoms with Gasteiger partial charge in [0.15, 0.2) is 0 Å². The Morgan fingerprint density at radius 1 is 1.42 bits per heavy atom. The number of nitrogens with one attached hydrogen (secondary N) is 1. The molecule has 3 N–H and O–H groups in total. The van der Waals surface area contributed by atoms with E-state index in [4.69, 9.17) is 5.11 Å². The van der Waals surface area contributed by atoms with Crippen molar-refractivity contribution >= 4 is 5.91 Å². The van der Waals surface area contributed by atoms with E-state index >= 15 is 0 Å². The highest BCUT2D eigenvalue weighted by molar-refractivity contribution is 5.76.